The average Bonchev–Trinajstić information content (AvgIpc) is 2.55. The van der Waals surface area contributed by atoms with Gasteiger partial charge in [0.1, 0.15) is 17.1 Å². The number of anilines is 1. The van der Waals surface area contributed by atoms with Crippen LogP contribution in [0.3, 0.4) is 0 Å². The van der Waals surface area contributed by atoms with E-state index >= 15 is 0 Å². The molecule has 114 valence electrons. The number of carbonyl (C=O) groups excluding carboxylic acids is 1. The highest BCUT2D eigenvalue weighted by Gasteiger charge is 2.25. The summed E-state index contributed by atoms with van der Waals surface area (Å²) in [5.74, 6) is -0.0501. The van der Waals surface area contributed by atoms with Gasteiger partial charge in [0.25, 0.3) is 0 Å². The van der Waals surface area contributed by atoms with Crippen LogP contribution in [0.4, 0.5) is 5.69 Å². The van der Waals surface area contributed by atoms with E-state index < -0.39 is 5.97 Å². The van der Waals surface area contributed by atoms with Gasteiger partial charge < -0.3 is 19.5 Å². The first-order chi connectivity index (χ1) is 10.6. The van der Waals surface area contributed by atoms with Crippen LogP contribution in [0.2, 0.25) is 0 Å². The van der Waals surface area contributed by atoms with Gasteiger partial charge in [-0.3, -0.25) is 0 Å². The molecule has 0 saturated heterocycles. The molecule has 1 N–H and O–H groups in total. The molecule has 0 fully saturated rings. The van der Waals surface area contributed by atoms with Crippen LogP contribution in [0, 0.1) is 6.92 Å². The fraction of sp³-hybridized carbons (Fsp3) is 0.235. The Morgan fingerprint density at radius 1 is 1.27 bits per heavy atom. The third kappa shape index (κ3) is 2.35. The number of para-hydroxylation sites is 1. The van der Waals surface area contributed by atoms with Gasteiger partial charge in [-0.2, -0.15) is 0 Å². The molecule has 5 heteroatoms. The number of phenols is 1. The minimum Gasteiger partial charge on any atom is -0.507 e. The average molecular weight is 299 g/mol. The predicted molar refractivity (Wildman–Crippen MR) is 82.3 cm³/mol. The summed E-state index contributed by atoms with van der Waals surface area (Å²) in [7, 11) is 1.29. The number of hydrogen-bond acceptors (Lipinski definition) is 5. The van der Waals surface area contributed by atoms with Gasteiger partial charge in [0.15, 0.2) is 6.73 Å². The summed E-state index contributed by atoms with van der Waals surface area (Å²) in [5.41, 5.74) is 2.91. The monoisotopic (exact) mass is 299 g/mol. The van der Waals surface area contributed by atoms with E-state index in [0.29, 0.717) is 24.6 Å². The molecule has 0 amide bonds. The van der Waals surface area contributed by atoms with Crippen LogP contribution >= 0.6 is 0 Å². The lowest BCUT2D eigenvalue weighted by molar-refractivity contribution is 0.0597. The molecule has 1 aliphatic heterocycles. The van der Waals surface area contributed by atoms with E-state index in [1.807, 2.05) is 36.1 Å². The van der Waals surface area contributed by atoms with Crippen molar-refractivity contribution in [1.29, 1.82) is 0 Å². The normalized spacial score (nSPS) is 13.3. The molecule has 5 nitrogen and oxygen atoms in total. The van der Waals surface area contributed by atoms with Crippen molar-refractivity contribution in [2.24, 2.45) is 0 Å². The van der Waals surface area contributed by atoms with Crippen molar-refractivity contribution < 1.29 is 19.4 Å². The Labute approximate surface area is 128 Å². The van der Waals surface area contributed by atoms with Crippen LogP contribution in [0.5, 0.6) is 11.5 Å². The molecule has 0 saturated carbocycles. The van der Waals surface area contributed by atoms with E-state index in [-0.39, 0.29) is 11.3 Å². The maximum absolute atomic E-state index is 11.7. The number of methoxy groups -OCH3 is 1. The third-order valence-corrected chi connectivity index (χ3v) is 3.83. The molecule has 0 atom stereocenters. The van der Waals surface area contributed by atoms with Gasteiger partial charge in [0.05, 0.1) is 19.2 Å². The van der Waals surface area contributed by atoms with Crippen molar-refractivity contribution in [1.82, 2.24) is 0 Å². The zero-order valence-electron chi connectivity index (χ0n) is 12.5. The highest BCUT2D eigenvalue weighted by molar-refractivity contribution is 5.93. The molecule has 3 rings (SSSR count). The van der Waals surface area contributed by atoms with Crippen molar-refractivity contribution in [2.75, 3.05) is 18.7 Å². The first-order valence-electron chi connectivity index (χ1n) is 6.98. The quantitative estimate of drug-likeness (QED) is 0.864. The number of aromatic hydroxyl groups is 1. The van der Waals surface area contributed by atoms with Gasteiger partial charge in [0, 0.05) is 5.69 Å². The largest absolute Gasteiger partial charge is 0.507 e. The van der Waals surface area contributed by atoms with Crippen LogP contribution in [0.25, 0.3) is 0 Å². The van der Waals surface area contributed by atoms with E-state index in [0.717, 1.165) is 11.3 Å². The highest BCUT2D eigenvalue weighted by Crippen LogP contribution is 2.37. The van der Waals surface area contributed by atoms with E-state index in [4.69, 9.17) is 4.74 Å². The summed E-state index contributed by atoms with van der Waals surface area (Å²) in [5, 5.41) is 10.4. The van der Waals surface area contributed by atoms with Crippen LogP contribution in [-0.4, -0.2) is 24.9 Å². The number of benzene rings is 2. The Kier molecular flexibility index (Phi) is 3.63. The standard InChI is InChI=1S/C17H17NO4/c1-11-5-3-4-6-14(11)18-9-13-15(22-10-18)8-7-12(16(13)19)17(20)21-2/h3-8,19H,9-10H2,1-2H3. The van der Waals surface area contributed by atoms with E-state index in [2.05, 4.69) is 4.74 Å². The number of nitrogens with zero attached hydrogens (tertiary/aromatic N) is 1. The lowest BCUT2D eigenvalue weighted by Crippen LogP contribution is -2.32. The molecule has 0 spiro atoms. The van der Waals surface area contributed by atoms with Crippen LogP contribution < -0.4 is 9.64 Å². The summed E-state index contributed by atoms with van der Waals surface area (Å²) >= 11 is 0. The van der Waals surface area contributed by atoms with E-state index in [9.17, 15) is 9.90 Å². The zero-order chi connectivity index (χ0) is 15.7. The Bertz CT molecular complexity index is 727. The summed E-state index contributed by atoms with van der Waals surface area (Å²) in [4.78, 5) is 13.7. The smallest absolute Gasteiger partial charge is 0.341 e. The van der Waals surface area contributed by atoms with E-state index in [1.54, 1.807) is 6.07 Å². The second-order valence-corrected chi connectivity index (χ2v) is 5.19. The summed E-state index contributed by atoms with van der Waals surface area (Å²) in [6.07, 6.45) is 0. The highest BCUT2D eigenvalue weighted by atomic mass is 16.5. The van der Waals surface area contributed by atoms with Crippen molar-refractivity contribution in [2.45, 2.75) is 13.5 Å². The predicted octanol–water partition coefficient (Wildman–Crippen LogP) is 2.84. The maximum Gasteiger partial charge on any atom is 0.341 e. The Hall–Kier alpha value is -2.69. The maximum atomic E-state index is 11.7. The van der Waals surface area contributed by atoms with E-state index in [1.165, 1.54) is 13.2 Å². The SMILES string of the molecule is COC(=O)c1ccc2c(c1O)CN(c1ccccc1C)CO2. The molecule has 0 unspecified atom stereocenters. The molecule has 2 aromatic carbocycles. The van der Waals surface area contributed by atoms with Crippen molar-refractivity contribution in [3.8, 4) is 11.5 Å². The lowest BCUT2D eigenvalue weighted by Gasteiger charge is -2.32. The molecule has 0 aromatic heterocycles. The topological polar surface area (TPSA) is 59.0 Å². The van der Waals surface area contributed by atoms with Crippen LogP contribution in [0.15, 0.2) is 36.4 Å². The molecule has 22 heavy (non-hydrogen) atoms. The minimum absolute atomic E-state index is 0.0809. The van der Waals surface area contributed by atoms with Gasteiger partial charge in [-0.25, -0.2) is 4.79 Å². The summed E-state index contributed by atoms with van der Waals surface area (Å²) in [6.45, 7) is 2.89. The van der Waals surface area contributed by atoms with Gasteiger partial charge in [-0.15, -0.1) is 0 Å². The molecular weight excluding hydrogens is 282 g/mol. The Morgan fingerprint density at radius 3 is 2.77 bits per heavy atom. The van der Waals surface area contributed by atoms with Gasteiger partial charge in [-0.05, 0) is 30.7 Å². The molecular formula is C17H17NO4. The first kappa shape index (κ1) is 14.3. The molecule has 2 aromatic rings. The van der Waals surface area contributed by atoms with Crippen molar-refractivity contribution >= 4 is 11.7 Å². The van der Waals surface area contributed by atoms with Crippen LogP contribution in [0.1, 0.15) is 21.5 Å². The third-order valence-electron chi connectivity index (χ3n) is 3.83. The lowest BCUT2D eigenvalue weighted by atomic mass is 10.0. The number of esters is 1. The summed E-state index contributed by atoms with van der Waals surface area (Å²) < 4.78 is 10.4. The molecule has 1 heterocycles. The zero-order valence-corrected chi connectivity index (χ0v) is 12.5. The number of phenolic OH excluding ortho intramolecular Hbond substituents is 1. The number of ether oxygens (including phenoxy) is 2. The van der Waals surface area contributed by atoms with Crippen LogP contribution in [-0.2, 0) is 11.3 Å². The fourth-order valence-electron chi connectivity index (χ4n) is 2.64. The molecule has 0 bridgehead atoms. The Balaban J connectivity index is 1.98. The van der Waals surface area contributed by atoms with Gasteiger partial charge in [0.2, 0.25) is 0 Å². The first-order valence-corrected chi connectivity index (χ1v) is 6.98. The fourth-order valence-corrected chi connectivity index (χ4v) is 2.64. The Morgan fingerprint density at radius 2 is 2.05 bits per heavy atom. The second kappa shape index (κ2) is 5.60. The minimum atomic E-state index is -0.562. The molecule has 1 aliphatic rings. The number of carbonyl (C=O) groups is 1. The molecule has 0 radical (unpaired) electrons. The number of hydrogen-bond donors (Lipinski definition) is 1. The van der Waals surface area contributed by atoms with Gasteiger partial charge in [-0.1, -0.05) is 18.2 Å². The second-order valence-electron chi connectivity index (χ2n) is 5.19. The number of aryl methyl sites for hydroxylation is 1. The molecule has 0 aliphatic carbocycles. The number of fused-ring (bicyclic) bond motifs is 1. The number of rotatable bonds is 2. The van der Waals surface area contributed by atoms with Crippen molar-refractivity contribution in [3.05, 3.63) is 53.1 Å². The van der Waals surface area contributed by atoms with Gasteiger partial charge >= 0.3 is 5.97 Å². The summed E-state index contributed by atoms with van der Waals surface area (Å²) in [6, 6.07) is 11.2. The van der Waals surface area contributed by atoms with Crippen molar-refractivity contribution in [3.63, 3.8) is 0 Å².